The summed E-state index contributed by atoms with van der Waals surface area (Å²) in [7, 11) is 0. The number of Topliss-reactive ketones (excluding diaryl/α,β-unsaturated/α-hetero) is 1. The minimum atomic E-state index is -0.0341. The summed E-state index contributed by atoms with van der Waals surface area (Å²) in [6.07, 6.45) is 0. The topological polar surface area (TPSA) is 46.6 Å². The third kappa shape index (κ3) is 2.90. The fraction of sp³-hybridized carbons (Fsp3) is 0.0476. The first-order chi connectivity index (χ1) is 12.2. The number of carbonyl (C=O) groups excluding carboxylic acids is 2. The SMILES string of the molecule is O=C(c1ccccc1)c1ccc(N2CC(=O)c3ccccc3O2)cc1. The van der Waals surface area contributed by atoms with E-state index in [9.17, 15) is 9.59 Å². The first kappa shape index (κ1) is 15.1. The molecule has 0 saturated heterocycles. The molecule has 1 aliphatic rings. The molecule has 0 fully saturated rings. The summed E-state index contributed by atoms with van der Waals surface area (Å²) in [6, 6.07) is 23.4. The molecule has 3 aromatic rings. The highest BCUT2D eigenvalue weighted by atomic mass is 16.7. The molecule has 0 aromatic heterocycles. The van der Waals surface area contributed by atoms with Crippen LogP contribution < -0.4 is 9.90 Å². The molecule has 0 spiro atoms. The third-order valence-corrected chi connectivity index (χ3v) is 4.14. The van der Waals surface area contributed by atoms with Crippen molar-refractivity contribution < 1.29 is 14.4 Å². The van der Waals surface area contributed by atoms with Gasteiger partial charge in [-0.3, -0.25) is 9.59 Å². The molecule has 3 aromatic carbocycles. The molecule has 0 unspecified atom stereocenters. The lowest BCUT2D eigenvalue weighted by Gasteiger charge is -2.29. The van der Waals surface area contributed by atoms with Crippen LogP contribution in [0.2, 0.25) is 0 Å². The molecule has 0 radical (unpaired) electrons. The Labute approximate surface area is 145 Å². The average molecular weight is 329 g/mol. The molecule has 4 rings (SSSR count). The summed E-state index contributed by atoms with van der Waals surface area (Å²) in [6.45, 7) is 0.142. The van der Waals surface area contributed by atoms with Crippen molar-refractivity contribution in [3.63, 3.8) is 0 Å². The van der Waals surface area contributed by atoms with Crippen molar-refractivity contribution in [1.29, 1.82) is 0 Å². The van der Waals surface area contributed by atoms with E-state index in [4.69, 9.17) is 4.84 Å². The minimum absolute atomic E-state index is 0.00582. The minimum Gasteiger partial charge on any atom is -0.378 e. The van der Waals surface area contributed by atoms with Crippen LogP contribution in [0, 0.1) is 0 Å². The summed E-state index contributed by atoms with van der Waals surface area (Å²) < 4.78 is 0. The van der Waals surface area contributed by atoms with Crippen LogP contribution in [-0.4, -0.2) is 18.1 Å². The van der Waals surface area contributed by atoms with Gasteiger partial charge in [0.15, 0.2) is 17.3 Å². The van der Waals surface area contributed by atoms with E-state index in [0.717, 1.165) is 5.69 Å². The summed E-state index contributed by atoms with van der Waals surface area (Å²) in [5.41, 5.74) is 2.56. The van der Waals surface area contributed by atoms with E-state index < -0.39 is 0 Å². The summed E-state index contributed by atoms with van der Waals surface area (Å²) in [4.78, 5) is 30.5. The monoisotopic (exact) mass is 329 g/mol. The smallest absolute Gasteiger partial charge is 0.193 e. The largest absolute Gasteiger partial charge is 0.378 e. The second-order valence-electron chi connectivity index (χ2n) is 5.79. The van der Waals surface area contributed by atoms with Gasteiger partial charge in [0.05, 0.1) is 11.3 Å². The van der Waals surface area contributed by atoms with E-state index in [0.29, 0.717) is 22.4 Å². The number of hydrogen-bond acceptors (Lipinski definition) is 4. The van der Waals surface area contributed by atoms with E-state index >= 15 is 0 Å². The maximum atomic E-state index is 12.5. The molecule has 0 aliphatic carbocycles. The Hall–Kier alpha value is -3.40. The zero-order valence-corrected chi connectivity index (χ0v) is 13.4. The molecular weight excluding hydrogens is 314 g/mol. The highest BCUT2D eigenvalue weighted by Crippen LogP contribution is 2.28. The van der Waals surface area contributed by atoms with Crippen LogP contribution in [0.25, 0.3) is 0 Å². The van der Waals surface area contributed by atoms with E-state index in [2.05, 4.69) is 0 Å². The number of ketones is 2. The number of nitrogens with zero attached hydrogens (tertiary/aromatic N) is 1. The maximum absolute atomic E-state index is 12.5. The highest BCUT2D eigenvalue weighted by Gasteiger charge is 2.25. The van der Waals surface area contributed by atoms with Crippen LogP contribution in [-0.2, 0) is 0 Å². The van der Waals surface area contributed by atoms with Gasteiger partial charge >= 0.3 is 0 Å². The predicted octanol–water partition coefficient (Wildman–Crippen LogP) is 3.91. The highest BCUT2D eigenvalue weighted by molar-refractivity contribution is 6.09. The number of hydrogen-bond donors (Lipinski definition) is 0. The van der Waals surface area contributed by atoms with Crippen LogP contribution in [0.4, 0.5) is 5.69 Å². The van der Waals surface area contributed by atoms with Gasteiger partial charge in [0.25, 0.3) is 0 Å². The zero-order valence-electron chi connectivity index (χ0n) is 13.4. The van der Waals surface area contributed by atoms with Gasteiger partial charge in [-0.15, -0.1) is 0 Å². The Bertz CT molecular complexity index is 933. The summed E-state index contributed by atoms with van der Waals surface area (Å²) in [5.74, 6) is 0.516. The van der Waals surface area contributed by atoms with Crippen LogP contribution >= 0.6 is 0 Å². The number of carbonyl (C=O) groups is 2. The number of anilines is 1. The van der Waals surface area contributed by atoms with Gasteiger partial charge in [-0.2, -0.15) is 0 Å². The van der Waals surface area contributed by atoms with E-state index in [1.807, 2.05) is 30.3 Å². The van der Waals surface area contributed by atoms with Gasteiger partial charge in [0.2, 0.25) is 0 Å². The van der Waals surface area contributed by atoms with Crippen LogP contribution in [0.5, 0.6) is 5.75 Å². The Kier molecular flexibility index (Phi) is 3.78. The first-order valence-corrected chi connectivity index (χ1v) is 8.00. The molecule has 1 aliphatic heterocycles. The van der Waals surface area contributed by atoms with E-state index in [-0.39, 0.29) is 18.1 Å². The van der Waals surface area contributed by atoms with E-state index in [1.54, 1.807) is 53.6 Å². The van der Waals surface area contributed by atoms with Gasteiger partial charge in [-0.25, -0.2) is 5.06 Å². The van der Waals surface area contributed by atoms with Crippen molar-refractivity contribution in [2.45, 2.75) is 0 Å². The lowest BCUT2D eigenvalue weighted by molar-refractivity contribution is 0.0941. The zero-order chi connectivity index (χ0) is 17.2. The van der Waals surface area contributed by atoms with Gasteiger partial charge < -0.3 is 4.84 Å². The number of fused-ring (bicyclic) bond motifs is 1. The Morgan fingerprint density at radius 1 is 0.800 bits per heavy atom. The lowest BCUT2D eigenvalue weighted by atomic mass is 10.0. The number of para-hydroxylation sites is 1. The second-order valence-corrected chi connectivity index (χ2v) is 5.79. The molecule has 0 bridgehead atoms. The van der Waals surface area contributed by atoms with Crippen molar-refractivity contribution >= 4 is 17.3 Å². The molecule has 0 saturated carbocycles. The van der Waals surface area contributed by atoms with Crippen molar-refractivity contribution in [1.82, 2.24) is 0 Å². The van der Waals surface area contributed by atoms with Crippen LogP contribution in [0.1, 0.15) is 26.3 Å². The quantitative estimate of drug-likeness (QED) is 0.684. The molecule has 122 valence electrons. The van der Waals surface area contributed by atoms with Crippen molar-refractivity contribution in [3.8, 4) is 5.75 Å². The molecule has 0 amide bonds. The van der Waals surface area contributed by atoms with E-state index in [1.165, 1.54) is 0 Å². The normalized spacial score (nSPS) is 13.1. The Morgan fingerprint density at radius 2 is 1.44 bits per heavy atom. The maximum Gasteiger partial charge on any atom is 0.193 e. The molecule has 0 N–H and O–H groups in total. The fourth-order valence-corrected chi connectivity index (χ4v) is 2.82. The summed E-state index contributed by atoms with van der Waals surface area (Å²) in [5, 5.41) is 1.54. The van der Waals surface area contributed by atoms with Crippen molar-refractivity contribution in [2.75, 3.05) is 11.6 Å². The van der Waals surface area contributed by atoms with Gasteiger partial charge in [0, 0.05) is 11.1 Å². The third-order valence-electron chi connectivity index (χ3n) is 4.14. The number of hydroxylamine groups is 1. The second kappa shape index (κ2) is 6.24. The number of benzene rings is 3. The van der Waals surface area contributed by atoms with Gasteiger partial charge in [-0.05, 0) is 36.4 Å². The fourth-order valence-electron chi connectivity index (χ4n) is 2.82. The van der Waals surface area contributed by atoms with Crippen LogP contribution in [0.15, 0.2) is 78.9 Å². The van der Waals surface area contributed by atoms with Crippen LogP contribution in [0.3, 0.4) is 0 Å². The molecule has 0 atom stereocenters. The predicted molar refractivity (Wildman–Crippen MR) is 95.1 cm³/mol. The Morgan fingerprint density at radius 3 is 2.20 bits per heavy atom. The van der Waals surface area contributed by atoms with Crippen molar-refractivity contribution in [3.05, 3.63) is 95.6 Å². The standard InChI is InChI=1S/C21H15NO3/c23-19-14-22(25-20-9-5-4-8-18(19)20)17-12-10-16(11-13-17)21(24)15-6-2-1-3-7-15/h1-13H,14H2. The number of rotatable bonds is 3. The molecule has 25 heavy (non-hydrogen) atoms. The van der Waals surface area contributed by atoms with Gasteiger partial charge in [-0.1, -0.05) is 42.5 Å². The Balaban J connectivity index is 1.57. The lowest BCUT2D eigenvalue weighted by Crippen LogP contribution is -2.37. The van der Waals surface area contributed by atoms with Gasteiger partial charge in [0.1, 0.15) is 6.54 Å². The van der Waals surface area contributed by atoms with Crippen molar-refractivity contribution in [2.24, 2.45) is 0 Å². The molecular formula is C21H15NO3. The molecule has 4 nitrogen and oxygen atoms in total. The average Bonchev–Trinajstić information content (AvgIpc) is 2.68. The molecule has 4 heteroatoms. The summed E-state index contributed by atoms with van der Waals surface area (Å²) >= 11 is 0. The molecule has 1 heterocycles. The first-order valence-electron chi connectivity index (χ1n) is 8.00.